The van der Waals surface area contributed by atoms with Crippen molar-refractivity contribution in [3.05, 3.63) is 59.1 Å². The molecule has 6 heteroatoms. The summed E-state index contributed by atoms with van der Waals surface area (Å²) in [6.07, 6.45) is 2.27. The van der Waals surface area contributed by atoms with E-state index in [0.29, 0.717) is 18.5 Å². The molecule has 0 unspecified atom stereocenters. The summed E-state index contributed by atoms with van der Waals surface area (Å²) in [5.74, 6) is -0.881. The van der Waals surface area contributed by atoms with Crippen LogP contribution in [0.1, 0.15) is 23.4 Å². The summed E-state index contributed by atoms with van der Waals surface area (Å²) in [4.78, 5) is 17.9. The van der Waals surface area contributed by atoms with Crippen molar-refractivity contribution < 1.29 is 9.90 Å². The second-order valence-corrected chi connectivity index (χ2v) is 7.18. The van der Waals surface area contributed by atoms with Gasteiger partial charge in [0.1, 0.15) is 5.01 Å². The minimum Gasteiger partial charge on any atom is -0.481 e. The van der Waals surface area contributed by atoms with E-state index >= 15 is 0 Å². The second kappa shape index (κ2) is 8.47. The number of anilines is 1. The topological polar surface area (TPSA) is 77.2 Å². The van der Waals surface area contributed by atoms with Gasteiger partial charge in [0.05, 0.1) is 29.1 Å². The van der Waals surface area contributed by atoms with Gasteiger partial charge < -0.3 is 10.0 Å². The van der Waals surface area contributed by atoms with E-state index in [-0.39, 0.29) is 6.42 Å². The van der Waals surface area contributed by atoms with Crippen LogP contribution in [0, 0.1) is 11.3 Å². The molecule has 0 aliphatic heterocycles. The van der Waals surface area contributed by atoms with Gasteiger partial charge in [-0.25, -0.2) is 4.98 Å². The Morgan fingerprint density at radius 2 is 2.00 bits per heavy atom. The first-order valence-electron chi connectivity index (χ1n) is 8.53. The van der Waals surface area contributed by atoms with E-state index in [1.807, 2.05) is 66.6 Å². The highest BCUT2D eigenvalue weighted by molar-refractivity contribution is 7.19. The van der Waals surface area contributed by atoms with E-state index in [2.05, 4.69) is 11.1 Å². The Morgan fingerprint density at radius 3 is 2.67 bits per heavy atom. The number of nitrogens with zero attached hydrogens (tertiary/aromatic N) is 3. The average Bonchev–Trinajstić information content (AvgIpc) is 3.10. The van der Waals surface area contributed by atoms with Crippen molar-refractivity contribution in [1.29, 1.82) is 5.26 Å². The number of aliphatic carboxylic acids is 1. The third kappa shape index (κ3) is 4.72. The molecule has 0 radical (unpaired) electrons. The number of para-hydroxylation sites is 1. The Balaban J connectivity index is 1.89. The van der Waals surface area contributed by atoms with Crippen LogP contribution in [0.25, 0.3) is 21.9 Å². The molecule has 5 nitrogen and oxygen atoms in total. The molecule has 27 heavy (non-hydrogen) atoms. The van der Waals surface area contributed by atoms with Crippen LogP contribution in [0.15, 0.2) is 48.5 Å². The fraction of sp³-hybridized carbons (Fsp3) is 0.190. The van der Waals surface area contributed by atoms with Crippen LogP contribution in [0.5, 0.6) is 0 Å². The maximum Gasteiger partial charge on any atom is 0.307 e. The van der Waals surface area contributed by atoms with Crippen molar-refractivity contribution in [2.45, 2.75) is 12.8 Å². The molecule has 1 N–H and O–H groups in total. The van der Waals surface area contributed by atoms with E-state index in [1.54, 1.807) is 0 Å². The SMILES string of the molecule is CN(CCC#N)c1ccc(/C=C(/CC(=O)O)c2nc3ccccc3s2)cc1. The van der Waals surface area contributed by atoms with Gasteiger partial charge in [-0.3, -0.25) is 4.79 Å². The summed E-state index contributed by atoms with van der Waals surface area (Å²) in [5, 5.41) is 18.7. The summed E-state index contributed by atoms with van der Waals surface area (Å²) >= 11 is 1.50. The normalized spacial score (nSPS) is 11.3. The molecule has 0 bridgehead atoms. The molecule has 0 atom stereocenters. The molecule has 0 saturated heterocycles. The molecule has 0 amide bonds. The van der Waals surface area contributed by atoms with E-state index in [0.717, 1.165) is 26.5 Å². The molecule has 0 spiro atoms. The van der Waals surface area contributed by atoms with E-state index in [1.165, 1.54) is 11.3 Å². The monoisotopic (exact) mass is 377 g/mol. The lowest BCUT2D eigenvalue weighted by atomic mass is 10.1. The third-order valence-electron chi connectivity index (χ3n) is 4.14. The first-order chi connectivity index (χ1) is 13.1. The van der Waals surface area contributed by atoms with Crippen LogP contribution in [0.3, 0.4) is 0 Å². The Hall–Kier alpha value is -3.17. The molecule has 3 rings (SSSR count). The number of thiazole rings is 1. The lowest BCUT2D eigenvalue weighted by molar-refractivity contribution is -0.135. The van der Waals surface area contributed by atoms with E-state index in [9.17, 15) is 9.90 Å². The molecule has 136 valence electrons. The number of carboxylic acid groups (broad SMARTS) is 1. The highest BCUT2D eigenvalue weighted by Gasteiger charge is 2.12. The summed E-state index contributed by atoms with van der Waals surface area (Å²) in [6, 6.07) is 17.8. The molecule has 1 heterocycles. The van der Waals surface area contributed by atoms with Crippen molar-refractivity contribution in [3.8, 4) is 6.07 Å². The minimum atomic E-state index is -0.881. The van der Waals surface area contributed by atoms with Gasteiger partial charge in [0.25, 0.3) is 0 Å². The number of hydrogen-bond acceptors (Lipinski definition) is 5. The van der Waals surface area contributed by atoms with Crippen LogP contribution >= 0.6 is 11.3 Å². The zero-order chi connectivity index (χ0) is 19.2. The van der Waals surface area contributed by atoms with E-state index < -0.39 is 5.97 Å². The van der Waals surface area contributed by atoms with Gasteiger partial charge >= 0.3 is 5.97 Å². The maximum atomic E-state index is 11.3. The van der Waals surface area contributed by atoms with Crippen LogP contribution in [0.4, 0.5) is 5.69 Å². The Morgan fingerprint density at radius 1 is 1.26 bits per heavy atom. The van der Waals surface area contributed by atoms with Crippen LogP contribution in [-0.2, 0) is 4.79 Å². The molecule has 3 aromatic rings. The molecular weight excluding hydrogens is 358 g/mol. The van der Waals surface area contributed by atoms with Crippen LogP contribution in [-0.4, -0.2) is 29.7 Å². The van der Waals surface area contributed by atoms with Gasteiger partial charge in [-0.1, -0.05) is 24.3 Å². The van der Waals surface area contributed by atoms with Crippen molar-refractivity contribution in [1.82, 2.24) is 4.98 Å². The smallest absolute Gasteiger partial charge is 0.307 e. The van der Waals surface area contributed by atoms with Crippen molar-refractivity contribution in [3.63, 3.8) is 0 Å². The van der Waals surface area contributed by atoms with Gasteiger partial charge in [0, 0.05) is 19.3 Å². The van der Waals surface area contributed by atoms with Gasteiger partial charge in [-0.15, -0.1) is 11.3 Å². The van der Waals surface area contributed by atoms with Crippen LogP contribution in [0.2, 0.25) is 0 Å². The number of fused-ring (bicyclic) bond motifs is 1. The number of carbonyl (C=O) groups is 1. The first kappa shape index (κ1) is 18.6. The Bertz CT molecular complexity index is 983. The third-order valence-corrected chi connectivity index (χ3v) is 5.26. The maximum absolute atomic E-state index is 11.3. The summed E-state index contributed by atoms with van der Waals surface area (Å²) in [5.41, 5.74) is 3.50. The number of aromatic nitrogens is 1. The molecule has 0 saturated carbocycles. The standard InChI is InChI=1S/C21H19N3O2S/c1-24(12-4-11-22)17-9-7-15(8-10-17)13-16(14-20(25)26)21-23-18-5-2-3-6-19(18)27-21/h2-3,5-10,13H,4,12,14H2,1H3,(H,25,26)/b16-13-. The van der Waals surface area contributed by atoms with Crippen molar-refractivity contribution >= 4 is 44.9 Å². The Kier molecular flexibility index (Phi) is 5.84. The minimum absolute atomic E-state index is 0.0797. The lowest BCUT2D eigenvalue weighted by Gasteiger charge is -2.17. The summed E-state index contributed by atoms with van der Waals surface area (Å²) in [7, 11) is 1.94. The predicted octanol–water partition coefficient (Wildman–Crippen LogP) is 4.66. The molecule has 0 fully saturated rings. The molecule has 0 aliphatic carbocycles. The molecular formula is C21H19N3O2S. The number of benzene rings is 2. The van der Waals surface area contributed by atoms with Crippen molar-refractivity contribution in [2.75, 3.05) is 18.5 Å². The highest BCUT2D eigenvalue weighted by Crippen LogP contribution is 2.30. The average molecular weight is 377 g/mol. The summed E-state index contributed by atoms with van der Waals surface area (Å²) < 4.78 is 1.04. The summed E-state index contributed by atoms with van der Waals surface area (Å²) in [6.45, 7) is 0.668. The second-order valence-electron chi connectivity index (χ2n) is 6.15. The predicted molar refractivity (Wildman–Crippen MR) is 110 cm³/mol. The van der Waals surface area contributed by atoms with E-state index in [4.69, 9.17) is 5.26 Å². The number of hydrogen-bond donors (Lipinski definition) is 1. The van der Waals surface area contributed by atoms with Gasteiger partial charge in [0.15, 0.2) is 0 Å². The fourth-order valence-electron chi connectivity index (χ4n) is 2.73. The van der Waals surface area contributed by atoms with Crippen LogP contribution < -0.4 is 4.90 Å². The van der Waals surface area contributed by atoms with Gasteiger partial charge in [-0.2, -0.15) is 5.26 Å². The zero-order valence-electron chi connectivity index (χ0n) is 14.9. The largest absolute Gasteiger partial charge is 0.481 e. The number of rotatable bonds is 7. The quantitative estimate of drug-likeness (QED) is 0.648. The Labute approximate surface area is 161 Å². The van der Waals surface area contributed by atoms with Gasteiger partial charge in [0.2, 0.25) is 0 Å². The molecule has 0 aliphatic rings. The van der Waals surface area contributed by atoms with Gasteiger partial charge in [-0.05, 0) is 41.5 Å². The van der Waals surface area contributed by atoms with Crippen molar-refractivity contribution in [2.24, 2.45) is 0 Å². The zero-order valence-corrected chi connectivity index (χ0v) is 15.7. The first-order valence-corrected chi connectivity index (χ1v) is 9.35. The molecule has 2 aromatic carbocycles. The number of nitriles is 1. The fourth-order valence-corrected chi connectivity index (χ4v) is 3.71. The number of carboxylic acids is 1. The lowest BCUT2D eigenvalue weighted by Crippen LogP contribution is -2.17. The molecule has 1 aromatic heterocycles. The highest BCUT2D eigenvalue weighted by atomic mass is 32.1.